The van der Waals surface area contributed by atoms with Gasteiger partial charge in [-0.3, -0.25) is 10.4 Å². The number of likely N-dealkylation sites (tertiary alicyclic amines) is 1. The number of amides is 2. The molecular weight excluding hydrogens is 240 g/mol. The van der Waals surface area contributed by atoms with Crippen LogP contribution in [0.1, 0.15) is 46.2 Å². The average Bonchev–Trinajstić information content (AvgIpc) is 2.78. The Kier molecular flexibility index (Phi) is 3.83. The largest absolute Gasteiger partial charge is 0.324 e. The Morgan fingerprint density at radius 1 is 1.42 bits per heavy atom. The van der Waals surface area contributed by atoms with Gasteiger partial charge in [0, 0.05) is 30.3 Å². The number of hydrogen-bond acceptors (Lipinski definition) is 2. The Bertz CT molecular complexity index is 439. The van der Waals surface area contributed by atoms with Gasteiger partial charge < -0.3 is 4.90 Å². The Labute approximate surface area is 114 Å². The molecule has 5 nitrogen and oxygen atoms in total. The number of hydrogen-bond donors (Lipinski definition) is 2. The minimum absolute atomic E-state index is 0.0105. The predicted octanol–water partition coefficient (Wildman–Crippen LogP) is 2.97. The molecule has 106 valence electrons. The molecule has 1 aliphatic rings. The highest BCUT2D eigenvalue weighted by molar-refractivity contribution is 5.88. The normalized spacial score (nSPS) is 17.6. The van der Waals surface area contributed by atoms with E-state index in [1.54, 1.807) is 0 Å². The van der Waals surface area contributed by atoms with Crippen molar-refractivity contribution in [3.05, 3.63) is 11.8 Å². The van der Waals surface area contributed by atoms with Crippen LogP contribution >= 0.6 is 0 Å². The lowest BCUT2D eigenvalue weighted by molar-refractivity contribution is 0.186. The lowest BCUT2D eigenvalue weighted by Gasteiger charge is -2.29. The van der Waals surface area contributed by atoms with E-state index in [9.17, 15) is 4.79 Å². The van der Waals surface area contributed by atoms with E-state index in [1.807, 2.05) is 11.0 Å². The van der Waals surface area contributed by atoms with Gasteiger partial charge in [-0.2, -0.15) is 5.10 Å². The second-order valence-corrected chi connectivity index (χ2v) is 6.52. The van der Waals surface area contributed by atoms with E-state index < -0.39 is 0 Å². The molecule has 2 amide bonds. The van der Waals surface area contributed by atoms with Gasteiger partial charge in [-0.25, -0.2) is 4.79 Å². The number of carbonyl (C=O) groups excluding carboxylic acids is 1. The van der Waals surface area contributed by atoms with Crippen molar-refractivity contribution in [2.75, 3.05) is 18.4 Å². The maximum Gasteiger partial charge on any atom is 0.323 e. The molecular formula is C14H24N4O. The van der Waals surface area contributed by atoms with E-state index in [-0.39, 0.29) is 11.4 Å². The summed E-state index contributed by atoms with van der Waals surface area (Å²) < 4.78 is 0. The fraction of sp³-hybridized carbons (Fsp3) is 0.714. The maximum absolute atomic E-state index is 12.1. The molecule has 2 N–H and O–H groups in total. The minimum atomic E-state index is -0.0427. The molecule has 0 unspecified atom stereocenters. The summed E-state index contributed by atoms with van der Waals surface area (Å²) in [5, 5.41) is 9.99. The van der Waals surface area contributed by atoms with Crippen molar-refractivity contribution in [1.82, 2.24) is 15.1 Å². The maximum atomic E-state index is 12.1. The summed E-state index contributed by atoms with van der Waals surface area (Å²) in [6, 6.07) is 1.86. The lowest BCUT2D eigenvalue weighted by Crippen LogP contribution is -2.40. The van der Waals surface area contributed by atoms with Gasteiger partial charge >= 0.3 is 6.03 Å². The number of urea groups is 1. The van der Waals surface area contributed by atoms with Crippen molar-refractivity contribution < 1.29 is 4.79 Å². The Morgan fingerprint density at radius 2 is 2.05 bits per heavy atom. The predicted molar refractivity (Wildman–Crippen MR) is 76.3 cm³/mol. The van der Waals surface area contributed by atoms with Crippen LogP contribution in [0, 0.1) is 5.92 Å². The van der Waals surface area contributed by atoms with Crippen LogP contribution in [0.25, 0.3) is 0 Å². The van der Waals surface area contributed by atoms with Gasteiger partial charge in [0.1, 0.15) is 0 Å². The van der Waals surface area contributed by atoms with Crippen molar-refractivity contribution in [2.45, 2.75) is 46.0 Å². The second kappa shape index (κ2) is 5.23. The third-order valence-corrected chi connectivity index (χ3v) is 3.69. The second-order valence-electron chi connectivity index (χ2n) is 6.52. The van der Waals surface area contributed by atoms with Gasteiger partial charge in [0.25, 0.3) is 0 Å². The molecule has 2 heterocycles. The Morgan fingerprint density at radius 3 is 2.58 bits per heavy atom. The van der Waals surface area contributed by atoms with Crippen molar-refractivity contribution in [2.24, 2.45) is 5.92 Å². The van der Waals surface area contributed by atoms with Crippen LogP contribution in [0.15, 0.2) is 6.07 Å². The summed E-state index contributed by atoms with van der Waals surface area (Å²) in [6.45, 7) is 10.2. The summed E-state index contributed by atoms with van der Waals surface area (Å²) in [7, 11) is 0. The SMILES string of the molecule is CC1CCN(C(=O)Nc2cc(C(C)(C)C)[nH]n2)CC1. The van der Waals surface area contributed by atoms with E-state index in [0.717, 1.165) is 37.5 Å². The third kappa shape index (κ3) is 3.49. The zero-order chi connectivity index (χ0) is 14.0. The van der Waals surface area contributed by atoms with Gasteiger partial charge in [-0.1, -0.05) is 27.7 Å². The summed E-state index contributed by atoms with van der Waals surface area (Å²) >= 11 is 0. The van der Waals surface area contributed by atoms with E-state index in [1.165, 1.54) is 0 Å². The smallest absolute Gasteiger partial charge is 0.323 e. The number of nitrogens with one attached hydrogen (secondary N) is 2. The zero-order valence-electron chi connectivity index (χ0n) is 12.3. The molecule has 2 rings (SSSR count). The van der Waals surface area contributed by atoms with Gasteiger partial charge in [0.05, 0.1) is 0 Å². The first-order chi connectivity index (χ1) is 8.86. The molecule has 1 fully saturated rings. The van der Waals surface area contributed by atoms with Gasteiger partial charge in [0.15, 0.2) is 5.82 Å². The molecule has 1 saturated heterocycles. The van der Waals surface area contributed by atoms with Crippen molar-refractivity contribution in [1.29, 1.82) is 0 Å². The fourth-order valence-electron chi connectivity index (χ4n) is 2.17. The van der Waals surface area contributed by atoms with Crippen LogP contribution in [0.3, 0.4) is 0 Å². The minimum Gasteiger partial charge on any atom is -0.324 e. The number of H-pyrrole nitrogens is 1. The van der Waals surface area contributed by atoms with Crippen molar-refractivity contribution in [3.63, 3.8) is 0 Å². The van der Waals surface area contributed by atoms with Gasteiger partial charge in [-0.05, 0) is 18.8 Å². The van der Waals surface area contributed by atoms with Gasteiger partial charge in [0.2, 0.25) is 0 Å². The number of nitrogens with zero attached hydrogens (tertiary/aromatic N) is 2. The lowest BCUT2D eigenvalue weighted by atomic mass is 9.92. The molecule has 1 aliphatic heterocycles. The highest BCUT2D eigenvalue weighted by Gasteiger charge is 2.22. The van der Waals surface area contributed by atoms with Crippen LogP contribution < -0.4 is 5.32 Å². The number of rotatable bonds is 1. The molecule has 5 heteroatoms. The molecule has 19 heavy (non-hydrogen) atoms. The van der Waals surface area contributed by atoms with E-state index in [2.05, 4.69) is 43.2 Å². The summed E-state index contributed by atoms with van der Waals surface area (Å²) in [5.74, 6) is 1.33. The summed E-state index contributed by atoms with van der Waals surface area (Å²) in [5.41, 5.74) is 1.03. The molecule has 0 aliphatic carbocycles. The first kappa shape index (κ1) is 13.9. The van der Waals surface area contributed by atoms with Crippen LogP contribution in [0.2, 0.25) is 0 Å². The molecule has 0 atom stereocenters. The monoisotopic (exact) mass is 264 g/mol. The van der Waals surface area contributed by atoms with Crippen LogP contribution in [0.5, 0.6) is 0 Å². The number of aromatic amines is 1. The van der Waals surface area contributed by atoms with E-state index in [4.69, 9.17) is 0 Å². The molecule has 0 spiro atoms. The molecule has 0 saturated carbocycles. The Balaban J connectivity index is 1.94. The molecule has 1 aromatic rings. The summed E-state index contributed by atoms with van der Waals surface area (Å²) in [4.78, 5) is 14.0. The van der Waals surface area contributed by atoms with E-state index in [0.29, 0.717) is 5.82 Å². The Hall–Kier alpha value is -1.52. The molecule has 0 radical (unpaired) electrons. The van der Waals surface area contributed by atoms with Crippen LogP contribution in [0.4, 0.5) is 10.6 Å². The van der Waals surface area contributed by atoms with Crippen molar-refractivity contribution in [3.8, 4) is 0 Å². The van der Waals surface area contributed by atoms with Crippen LogP contribution in [-0.2, 0) is 5.41 Å². The molecule has 0 bridgehead atoms. The number of anilines is 1. The van der Waals surface area contributed by atoms with E-state index >= 15 is 0 Å². The van der Waals surface area contributed by atoms with Gasteiger partial charge in [-0.15, -0.1) is 0 Å². The molecule has 1 aromatic heterocycles. The number of aromatic nitrogens is 2. The quantitative estimate of drug-likeness (QED) is 0.819. The number of carbonyl (C=O) groups is 1. The topological polar surface area (TPSA) is 61.0 Å². The molecule has 0 aromatic carbocycles. The third-order valence-electron chi connectivity index (χ3n) is 3.69. The fourth-order valence-corrected chi connectivity index (χ4v) is 2.17. The standard InChI is InChI=1S/C14H24N4O/c1-10-5-7-18(8-6-10)13(19)15-12-9-11(16-17-12)14(2,3)4/h9-10H,5-8H2,1-4H3,(H2,15,16,17,19). The first-order valence-electron chi connectivity index (χ1n) is 6.98. The summed E-state index contributed by atoms with van der Waals surface area (Å²) in [6.07, 6.45) is 2.17. The highest BCUT2D eigenvalue weighted by atomic mass is 16.2. The average molecular weight is 264 g/mol. The van der Waals surface area contributed by atoms with Crippen LogP contribution in [-0.4, -0.2) is 34.2 Å². The zero-order valence-corrected chi connectivity index (χ0v) is 12.3. The first-order valence-corrected chi connectivity index (χ1v) is 6.98. The van der Waals surface area contributed by atoms with Crippen molar-refractivity contribution >= 4 is 11.8 Å². The number of piperidine rings is 1. The highest BCUT2D eigenvalue weighted by Crippen LogP contribution is 2.22.